The minimum absolute atomic E-state index is 0.394. The molecule has 1 rings (SSSR count). The van der Waals surface area contributed by atoms with Crippen LogP contribution in [0.1, 0.15) is 64.7 Å². The molecule has 0 atom stereocenters. The molecule has 1 saturated carbocycles. The average Bonchev–Trinajstić information content (AvgIpc) is 2.29. The lowest BCUT2D eigenvalue weighted by atomic mass is 9.80. The van der Waals surface area contributed by atoms with Gasteiger partial charge in [-0.3, -0.25) is 4.79 Å². The zero-order valence-electron chi connectivity index (χ0n) is 10.7. The van der Waals surface area contributed by atoms with E-state index in [1.165, 1.54) is 25.7 Å². The number of carbonyl (C=O) groups is 1. The zero-order chi connectivity index (χ0) is 11.8. The molecule has 0 spiro atoms. The minimum Gasteiger partial charge on any atom is -0.330 e. The lowest BCUT2D eigenvalue weighted by molar-refractivity contribution is -0.124. The average molecular weight is 225 g/mol. The Labute approximate surface area is 100.0 Å². The molecule has 16 heavy (non-hydrogen) atoms. The van der Waals surface area contributed by atoms with Gasteiger partial charge in [0, 0.05) is 12.3 Å². The summed E-state index contributed by atoms with van der Waals surface area (Å²) >= 11 is 0. The molecule has 0 aliphatic heterocycles. The normalized spacial score (nSPS) is 25.6. The molecule has 0 heterocycles. The summed E-state index contributed by atoms with van der Waals surface area (Å²) in [4.78, 5) is 11.9. The van der Waals surface area contributed by atoms with E-state index in [2.05, 4.69) is 6.92 Å². The molecular weight excluding hydrogens is 198 g/mol. The first-order valence-electron chi connectivity index (χ1n) is 6.96. The van der Waals surface area contributed by atoms with E-state index in [9.17, 15) is 4.79 Å². The van der Waals surface area contributed by atoms with Crippen molar-refractivity contribution in [2.75, 3.05) is 6.54 Å². The lowest BCUT2D eigenvalue weighted by Gasteiger charge is -2.25. The Bertz CT molecular complexity index is 195. The fraction of sp³-hybridized carbons (Fsp3) is 0.929. The summed E-state index contributed by atoms with van der Waals surface area (Å²) in [6.07, 6.45) is 10.1. The van der Waals surface area contributed by atoms with Crippen LogP contribution in [0, 0.1) is 11.8 Å². The van der Waals surface area contributed by atoms with Crippen LogP contribution in [0.5, 0.6) is 0 Å². The number of rotatable bonds is 7. The van der Waals surface area contributed by atoms with Gasteiger partial charge in [0.15, 0.2) is 0 Å². The summed E-state index contributed by atoms with van der Waals surface area (Å²) in [5.74, 6) is 1.76. The lowest BCUT2D eigenvalue weighted by Crippen LogP contribution is -2.20. The van der Waals surface area contributed by atoms with Gasteiger partial charge in [0.05, 0.1) is 0 Å². The molecule has 0 aromatic rings. The first-order chi connectivity index (χ1) is 7.74. The first kappa shape index (κ1) is 13.7. The number of unbranched alkanes of at least 4 members (excludes halogenated alkanes) is 3. The fourth-order valence-corrected chi connectivity index (χ4v) is 2.58. The van der Waals surface area contributed by atoms with Gasteiger partial charge in [-0.05, 0) is 38.1 Å². The monoisotopic (exact) mass is 225 g/mol. The maximum Gasteiger partial charge on any atom is 0.135 e. The van der Waals surface area contributed by atoms with Crippen LogP contribution in [0.4, 0.5) is 0 Å². The zero-order valence-corrected chi connectivity index (χ0v) is 10.7. The molecule has 1 fully saturated rings. The second kappa shape index (κ2) is 7.83. The molecule has 1 aliphatic rings. The summed E-state index contributed by atoms with van der Waals surface area (Å²) in [5, 5.41) is 0. The van der Waals surface area contributed by atoms with Crippen LogP contribution in [-0.2, 0) is 4.79 Å². The quantitative estimate of drug-likeness (QED) is 0.676. The second-order valence-electron chi connectivity index (χ2n) is 5.38. The number of hydrogen-bond acceptors (Lipinski definition) is 2. The number of carbonyl (C=O) groups excluding carboxylic acids is 1. The van der Waals surface area contributed by atoms with E-state index in [0.29, 0.717) is 11.7 Å². The molecule has 0 unspecified atom stereocenters. The third-order valence-electron chi connectivity index (χ3n) is 3.85. The Morgan fingerprint density at radius 2 is 1.69 bits per heavy atom. The van der Waals surface area contributed by atoms with Crippen molar-refractivity contribution in [2.24, 2.45) is 17.6 Å². The summed E-state index contributed by atoms with van der Waals surface area (Å²) in [7, 11) is 0. The van der Waals surface area contributed by atoms with Crippen LogP contribution in [0.2, 0.25) is 0 Å². The van der Waals surface area contributed by atoms with Gasteiger partial charge >= 0.3 is 0 Å². The highest BCUT2D eigenvalue weighted by molar-refractivity contribution is 5.80. The Morgan fingerprint density at radius 1 is 1.06 bits per heavy atom. The highest BCUT2D eigenvalue weighted by Gasteiger charge is 2.23. The molecule has 1 aliphatic carbocycles. The molecule has 2 N–H and O–H groups in total. The minimum atomic E-state index is 0.394. The van der Waals surface area contributed by atoms with Crippen molar-refractivity contribution in [3.8, 4) is 0 Å². The van der Waals surface area contributed by atoms with Crippen molar-refractivity contribution in [1.82, 2.24) is 0 Å². The van der Waals surface area contributed by atoms with E-state index in [4.69, 9.17) is 5.73 Å². The molecule has 0 amide bonds. The molecule has 0 saturated heterocycles. The van der Waals surface area contributed by atoms with Crippen molar-refractivity contribution in [1.29, 1.82) is 0 Å². The van der Waals surface area contributed by atoms with Gasteiger partial charge in [-0.15, -0.1) is 0 Å². The molecule has 0 aromatic carbocycles. The summed E-state index contributed by atoms with van der Waals surface area (Å²) < 4.78 is 0. The van der Waals surface area contributed by atoms with Crippen LogP contribution < -0.4 is 5.73 Å². The van der Waals surface area contributed by atoms with Gasteiger partial charge in [0.1, 0.15) is 5.78 Å². The topological polar surface area (TPSA) is 43.1 Å². The molecule has 0 radical (unpaired) electrons. The van der Waals surface area contributed by atoms with Gasteiger partial charge in [-0.1, -0.05) is 32.6 Å². The first-order valence-corrected chi connectivity index (χ1v) is 6.96. The number of hydrogen-bond donors (Lipinski definition) is 1. The van der Waals surface area contributed by atoms with Crippen LogP contribution in [0.3, 0.4) is 0 Å². The van der Waals surface area contributed by atoms with Gasteiger partial charge < -0.3 is 5.73 Å². The summed E-state index contributed by atoms with van der Waals surface area (Å²) in [6.45, 7) is 3.09. The molecule has 2 nitrogen and oxygen atoms in total. The smallest absolute Gasteiger partial charge is 0.135 e. The SMILES string of the molecule is CC1CCC(C(=O)CCCCCCN)CC1. The van der Waals surface area contributed by atoms with Crippen LogP contribution in [-0.4, -0.2) is 12.3 Å². The van der Waals surface area contributed by atoms with E-state index in [1.54, 1.807) is 0 Å². The van der Waals surface area contributed by atoms with Gasteiger partial charge in [0.25, 0.3) is 0 Å². The maximum absolute atomic E-state index is 11.9. The Hall–Kier alpha value is -0.370. The van der Waals surface area contributed by atoms with Crippen LogP contribution >= 0.6 is 0 Å². The number of Topliss-reactive ketones (excluding diaryl/α,β-unsaturated/α-hetero) is 1. The standard InChI is InChI=1S/C14H27NO/c1-12-7-9-13(10-8-12)14(16)6-4-2-3-5-11-15/h12-13H,2-11,15H2,1H3. The highest BCUT2D eigenvalue weighted by Crippen LogP contribution is 2.29. The number of ketones is 1. The third-order valence-corrected chi connectivity index (χ3v) is 3.85. The van der Waals surface area contributed by atoms with Crippen molar-refractivity contribution >= 4 is 5.78 Å². The molecule has 0 aromatic heterocycles. The van der Waals surface area contributed by atoms with Crippen molar-refractivity contribution in [2.45, 2.75) is 64.7 Å². The van der Waals surface area contributed by atoms with Crippen molar-refractivity contribution in [3.63, 3.8) is 0 Å². The summed E-state index contributed by atoms with van der Waals surface area (Å²) in [6, 6.07) is 0. The van der Waals surface area contributed by atoms with Gasteiger partial charge in [-0.25, -0.2) is 0 Å². The van der Waals surface area contributed by atoms with E-state index in [-0.39, 0.29) is 0 Å². The second-order valence-corrected chi connectivity index (χ2v) is 5.38. The van der Waals surface area contributed by atoms with Crippen molar-refractivity contribution < 1.29 is 4.79 Å². The number of nitrogens with two attached hydrogens (primary N) is 1. The Balaban J connectivity index is 2.06. The van der Waals surface area contributed by atoms with Crippen LogP contribution in [0.25, 0.3) is 0 Å². The third kappa shape index (κ3) is 5.11. The van der Waals surface area contributed by atoms with Crippen molar-refractivity contribution in [3.05, 3.63) is 0 Å². The predicted molar refractivity (Wildman–Crippen MR) is 68.3 cm³/mol. The fourth-order valence-electron chi connectivity index (χ4n) is 2.58. The summed E-state index contributed by atoms with van der Waals surface area (Å²) in [5.41, 5.74) is 5.43. The van der Waals surface area contributed by atoms with Gasteiger partial charge in [0.2, 0.25) is 0 Å². The molecular formula is C14H27NO. The Morgan fingerprint density at radius 3 is 2.31 bits per heavy atom. The predicted octanol–water partition coefficient (Wildman–Crippen LogP) is 3.29. The maximum atomic E-state index is 11.9. The van der Waals surface area contributed by atoms with Gasteiger partial charge in [-0.2, -0.15) is 0 Å². The van der Waals surface area contributed by atoms with E-state index in [0.717, 1.165) is 44.6 Å². The van der Waals surface area contributed by atoms with Crippen LogP contribution in [0.15, 0.2) is 0 Å². The van der Waals surface area contributed by atoms with E-state index >= 15 is 0 Å². The Kier molecular flexibility index (Phi) is 6.70. The van der Waals surface area contributed by atoms with E-state index < -0.39 is 0 Å². The van der Waals surface area contributed by atoms with E-state index in [1.807, 2.05) is 0 Å². The molecule has 2 heteroatoms. The molecule has 94 valence electrons. The largest absolute Gasteiger partial charge is 0.330 e. The molecule has 0 bridgehead atoms. The highest BCUT2D eigenvalue weighted by atomic mass is 16.1.